The van der Waals surface area contributed by atoms with Crippen LogP contribution >= 0.6 is 0 Å². The molecule has 0 radical (unpaired) electrons. The van der Waals surface area contributed by atoms with Crippen LogP contribution in [0.25, 0.3) is 0 Å². The molecule has 0 saturated heterocycles. The molecule has 53 heavy (non-hydrogen) atoms. The third-order valence-corrected chi connectivity index (χ3v) is 9.22. The van der Waals surface area contributed by atoms with Gasteiger partial charge in [0.2, 0.25) is 0 Å². The molecule has 0 spiro atoms. The van der Waals surface area contributed by atoms with Crippen LogP contribution in [-0.2, 0) is 11.2 Å². The lowest BCUT2D eigenvalue weighted by molar-refractivity contribution is -0.0210. The van der Waals surface area contributed by atoms with E-state index in [1.165, 1.54) is 12.1 Å². The number of benzene rings is 5. The minimum atomic E-state index is -1.72. The van der Waals surface area contributed by atoms with Crippen LogP contribution in [0.3, 0.4) is 0 Å². The van der Waals surface area contributed by atoms with Gasteiger partial charge in [-0.05, 0) is 42.0 Å². The average Bonchev–Trinajstić information content (AvgIpc) is 3.10. The Hall–Kier alpha value is -7.07. The van der Waals surface area contributed by atoms with Gasteiger partial charge in [-0.25, -0.2) is 4.79 Å². The number of esters is 1. The highest BCUT2D eigenvalue weighted by Gasteiger charge is 2.47. The molecule has 0 aliphatic carbocycles. The minimum absolute atomic E-state index is 0.0661. The maximum Gasteiger partial charge on any atom is 0.338 e. The summed E-state index contributed by atoms with van der Waals surface area (Å²) < 4.78 is 18.1. The van der Waals surface area contributed by atoms with Crippen molar-refractivity contribution in [2.24, 2.45) is 0 Å². The molecule has 0 unspecified atom stereocenters. The van der Waals surface area contributed by atoms with Gasteiger partial charge >= 0.3 is 5.97 Å². The maximum absolute atomic E-state index is 13.4. The number of hydrogen-bond donors (Lipinski definition) is 12. The van der Waals surface area contributed by atoms with Gasteiger partial charge in [0.1, 0.15) is 46.7 Å². The molecule has 5 aromatic rings. The fraction of sp³-hybridized carbons (Fsp3) is 0.162. The highest BCUT2D eigenvalue weighted by atomic mass is 16.6. The Morgan fingerprint density at radius 3 is 1.77 bits per heavy atom. The number of ether oxygens (including phenoxy) is 3. The van der Waals surface area contributed by atoms with Crippen molar-refractivity contribution >= 4 is 5.97 Å². The first-order valence-corrected chi connectivity index (χ1v) is 15.8. The number of carbonyl (C=O) groups is 1. The summed E-state index contributed by atoms with van der Waals surface area (Å²) in [6, 6.07) is 11.9. The Balaban J connectivity index is 1.39. The van der Waals surface area contributed by atoms with Crippen LogP contribution in [0.2, 0.25) is 0 Å². The van der Waals surface area contributed by atoms with Crippen molar-refractivity contribution in [2.75, 3.05) is 0 Å². The molecule has 0 aromatic heterocycles. The molecule has 0 fully saturated rings. The predicted octanol–water partition coefficient (Wildman–Crippen LogP) is 3.98. The standard InChI is InChI=1S/C37H30O16/c38-16-9-23(44)29-27(10-16)51-35(14-2-4-19(40)22(43)6-14)33(49)31(29)30-24(45)12-20(41)17-11-28(52-37(50)15-7-25(46)32(48)26(47)8-15)34(53-36(17)30)13-1-3-18(39)21(42)5-13/h1-10,12,28,31,33-35,38-49H,11H2/t28-,31+,33-,34+,35-/m1/s1. The summed E-state index contributed by atoms with van der Waals surface area (Å²) in [7, 11) is 0. The van der Waals surface area contributed by atoms with Gasteiger partial charge in [-0.2, -0.15) is 0 Å². The smallest absolute Gasteiger partial charge is 0.338 e. The number of hydrogen-bond acceptors (Lipinski definition) is 16. The van der Waals surface area contributed by atoms with E-state index < -0.39 is 105 Å². The van der Waals surface area contributed by atoms with Gasteiger partial charge in [0.05, 0.1) is 11.5 Å². The second-order valence-electron chi connectivity index (χ2n) is 12.6. The largest absolute Gasteiger partial charge is 0.508 e. The second kappa shape index (κ2) is 12.6. The van der Waals surface area contributed by atoms with E-state index in [1.54, 1.807) is 0 Å². The molecular formula is C37H30O16. The minimum Gasteiger partial charge on any atom is -0.508 e. The van der Waals surface area contributed by atoms with Crippen molar-refractivity contribution in [3.05, 3.63) is 100 Å². The highest BCUT2D eigenvalue weighted by Crippen LogP contribution is 2.57. The van der Waals surface area contributed by atoms with Crippen molar-refractivity contribution in [2.45, 2.75) is 36.8 Å². The summed E-state index contributed by atoms with van der Waals surface area (Å²) in [5.74, 6) is -9.84. The second-order valence-corrected chi connectivity index (χ2v) is 12.6. The summed E-state index contributed by atoms with van der Waals surface area (Å²) in [4.78, 5) is 13.4. The Morgan fingerprint density at radius 2 is 1.17 bits per heavy atom. The molecule has 2 heterocycles. The zero-order valence-electron chi connectivity index (χ0n) is 26.9. The van der Waals surface area contributed by atoms with Gasteiger partial charge in [0, 0.05) is 46.9 Å². The van der Waals surface area contributed by atoms with Gasteiger partial charge < -0.3 is 75.5 Å². The number of aromatic hydroxyl groups is 11. The fourth-order valence-electron chi connectivity index (χ4n) is 6.72. The number of aliphatic hydroxyl groups excluding tert-OH is 1. The predicted molar refractivity (Wildman–Crippen MR) is 178 cm³/mol. The molecule has 16 nitrogen and oxygen atoms in total. The molecule has 12 N–H and O–H groups in total. The van der Waals surface area contributed by atoms with Gasteiger partial charge in [0.15, 0.2) is 52.5 Å². The SMILES string of the molecule is O=C(O[C@@H]1Cc2c(O)cc(O)c([C@@H]3c4c(O)cc(O)cc4O[C@H](c4ccc(O)c(O)c4)[C@@H]3O)c2O[C@H]1c1ccc(O)c(O)c1)c1cc(O)c(O)c(O)c1. The Labute approximate surface area is 297 Å². The van der Waals surface area contributed by atoms with Crippen molar-refractivity contribution < 1.29 is 80.3 Å². The lowest BCUT2D eigenvalue weighted by atomic mass is 9.77. The average molecular weight is 731 g/mol. The number of carbonyl (C=O) groups excluding carboxylic acids is 1. The molecule has 7 rings (SSSR count). The van der Waals surface area contributed by atoms with Crippen LogP contribution in [0.4, 0.5) is 0 Å². The van der Waals surface area contributed by atoms with Crippen LogP contribution < -0.4 is 9.47 Å². The number of rotatable bonds is 5. The summed E-state index contributed by atoms with van der Waals surface area (Å²) >= 11 is 0. The third-order valence-electron chi connectivity index (χ3n) is 9.22. The molecule has 274 valence electrons. The van der Waals surface area contributed by atoms with Crippen LogP contribution in [0.1, 0.15) is 56.3 Å². The maximum atomic E-state index is 13.4. The first-order chi connectivity index (χ1) is 25.1. The lowest BCUT2D eigenvalue weighted by Gasteiger charge is -2.40. The third kappa shape index (κ3) is 5.85. The molecule has 16 heteroatoms. The normalized spacial score (nSPS) is 20.4. The Kier molecular flexibility index (Phi) is 8.18. The molecule has 0 saturated carbocycles. The fourth-order valence-corrected chi connectivity index (χ4v) is 6.72. The van der Waals surface area contributed by atoms with Crippen molar-refractivity contribution in [3.8, 4) is 74.7 Å². The molecular weight excluding hydrogens is 700 g/mol. The van der Waals surface area contributed by atoms with Crippen molar-refractivity contribution in [1.29, 1.82) is 0 Å². The Morgan fingerprint density at radius 1 is 0.585 bits per heavy atom. The molecule has 5 atom stereocenters. The van der Waals surface area contributed by atoms with Crippen LogP contribution in [0.15, 0.2) is 66.7 Å². The zero-order valence-corrected chi connectivity index (χ0v) is 26.9. The molecule has 0 bridgehead atoms. The van der Waals surface area contributed by atoms with Gasteiger partial charge in [-0.15, -0.1) is 0 Å². The first kappa shape index (κ1) is 34.4. The molecule has 2 aliphatic rings. The Bertz CT molecular complexity index is 2280. The zero-order chi connectivity index (χ0) is 38.0. The van der Waals surface area contributed by atoms with Gasteiger partial charge in [-0.1, -0.05) is 12.1 Å². The lowest BCUT2D eigenvalue weighted by Crippen LogP contribution is -2.38. The van der Waals surface area contributed by atoms with Crippen molar-refractivity contribution in [1.82, 2.24) is 0 Å². The highest BCUT2D eigenvalue weighted by molar-refractivity contribution is 5.91. The molecule has 0 amide bonds. The summed E-state index contributed by atoms with van der Waals surface area (Å²) in [6.07, 6.45) is -6.22. The molecule has 5 aromatic carbocycles. The van der Waals surface area contributed by atoms with Crippen LogP contribution in [0, 0.1) is 0 Å². The van der Waals surface area contributed by atoms with E-state index in [-0.39, 0.29) is 45.7 Å². The summed E-state index contributed by atoms with van der Waals surface area (Å²) in [5.41, 5.74) is -0.556. The van der Waals surface area contributed by atoms with Gasteiger partial charge in [-0.3, -0.25) is 0 Å². The number of phenols is 11. The van der Waals surface area contributed by atoms with E-state index in [2.05, 4.69) is 0 Å². The van der Waals surface area contributed by atoms with E-state index in [4.69, 9.17) is 14.2 Å². The number of aliphatic hydroxyl groups is 1. The first-order valence-electron chi connectivity index (χ1n) is 15.8. The summed E-state index contributed by atoms with van der Waals surface area (Å²) in [6.45, 7) is 0. The van der Waals surface area contributed by atoms with Crippen molar-refractivity contribution in [3.63, 3.8) is 0 Å². The monoisotopic (exact) mass is 730 g/mol. The number of fused-ring (bicyclic) bond motifs is 2. The van der Waals surface area contributed by atoms with E-state index >= 15 is 0 Å². The van der Waals surface area contributed by atoms with E-state index in [0.29, 0.717) is 0 Å². The van der Waals surface area contributed by atoms with Gasteiger partial charge in [0.25, 0.3) is 0 Å². The molecule has 2 aliphatic heterocycles. The summed E-state index contributed by atoms with van der Waals surface area (Å²) in [5, 5.41) is 126. The van der Waals surface area contributed by atoms with E-state index in [1.807, 2.05) is 0 Å². The quantitative estimate of drug-likeness (QED) is 0.0899. The number of phenolic OH excluding ortho intramolecular Hbond substituents is 11. The van der Waals surface area contributed by atoms with E-state index in [9.17, 15) is 66.1 Å². The van der Waals surface area contributed by atoms with Crippen LogP contribution in [0.5, 0.6) is 74.7 Å². The van der Waals surface area contributed by atoms with Crippen LogP contribution in [-0.4, -0.2) is 79.5 Å². The van der Waals surface area contributed by atoms with E-state index in [0.717, 1.165) is 54.6 Å². The topological polar surface area (TPSA) is 288 Å².